The van der Waals surface area contributed by atoms with E-state index in [-0.39, 0.29) is 5.66 Å². The van der Waals surface area contributed by atoms with Crippen LogP contribution in [0.4, 0.5) is 0 Å². The number of hydrogen-bond donors (Lipinski definition) is 1. The van der Waals surface area contributed by atoms with E-state index in [4.69, 9.17) is 10.5 Å². The van der Waals surface area contributed by atoms with Crippen molar-refractivity contribution in [3.05, 3.63) is 29.8 Å². The quantitative estimate of drug-likeness (QED) is 0.666. The van der Waals surface area contributed by atoms with Gasteiger partial charge in [0.2, 0.25) is 0 Å². The minimum absolute atomic E-state index is 0.310. The molecule has 1 aromatic carbocycles. The summed E-state index contributed by atoms with van der Waals surface area (Å²) in [5, 5.41) is 0. The Morgan fingerprint density at radius 1 is 1.10 bits per heavy atom. The molecule has 0 aliphatic heterocycles. The van der Waals surface area contributed by atoms with Crippen molar-refractivity contribution in [1.29, 1.82) is 0 Å². The van der Waals surface area contributed by atoms with Crippen LogP contribution in [0, 0.1) is 0 Å². The van der Waals surface area contributed by atoms with Gasteiger partial charge in [-0.15, -0.1) is 0 Å². The van der Waals surface area contributed by atoms with E-state index in [0.29, 0.717) is 0 Å². The van der Waals surface area contributed by atoms with Gasteiger partial charge in [0.1, 0.15) is 5.75 Å². The van der Waals surface area contributed by atoms with Crippen LogP contribution in [0.1, 0.15) is 52.5 Å². The molecule has 2 N–H and O–H groups in total. The first-order valence-corrected chi connectivity index (χ1v) is 8.29. The molecule has 0 saturated carbocycles. The molecule has 120 valence electrons. The number of rotatable bonds is 10. The molecule has 1 rings (SSSR count). The summed E-state index contributed by atoms with van der Waals surface area (Å²) in [6.07, 6.45) is 4.13. The highest BCUT2D eigenvalue weighted by Crippen LogP contribution is 2.20. The van der Waals surface area contributed by atoms with Crippen LogP contribution in [0.2, 0.25) is 0 Å². The predicted molar refractivity (Wildman–Crippen MR) is 90.7 cm³/mol. The molecule has 0 amide bonds. The van der Waals surface area contributed by atoms with Gasteiger partial charge in [0.15, 0.2) is 0 Å². The van der Waals surface area contributed by atoms with E-state index in [1.165, 1.54) is 5.56 Å². The molecule has 3 heteroatoms. The van der Waals surface area contributed by atoms with Crippen molar-refractivity contribution < 1.29 is 4.74 Å². The highest BCUT2D eigenvalue weighted by Gasteiger charge is 2.26. The Morgan fingerprint density at radius 2 is 1.76 bits per heavy atom. The lowest BCUT2D eigenvalue weighted by Crippen LogP contribution is -2.55. The summed E-state index contributed by atoms with van der Waals surface area (Å²) in [5.74, 6) is 0.947. The second-order valence-corrected chi connectivity index (χ2v) is 6.02. The van der Waals surface area contributed by atoms with Crippen LogP contribution in [-0.2, 0) is 6.42 Å². The zero-order valence-corrected chi connectivity index (χ0v) is 14.2. The molecule has 0 spiro atoms. The summed E-state index contributed by atoms with van der Waals surface area (Å²) in [6, 6.07) is 8.33. The van der Waals surface area contributed by atoms with Crippen molar-refractivity contribution in [2.24, 2.45) is 5.73 Å². The van der Waals surface area contributed by atoms with Crippen molar-refractivity contribution in [1.82, 2.24) is 4.90 Å². The van der Waals surface area contributed by atoms with Crippen molar-refractivity contribution in [3.63, 3.8) is 0 Å². The van der Waals surface area contributed by atoms with Gasteiger partial charge >= 0.3 is 0 Å². The second kappa shape index (κ2) is 9.06. The molecule has 0 saturated heterocycles. The SMILES string of the molecule is CCCOc1cccc(CC(C)(N)N(CCC)CCC)c1. The molecule has 0 heterocycles. The maximum absolute atomic E-state index is 6.60. The fraction of sp³-hybridized carbons (Fsp3) is 0.667. The minimum atomic E-state index is -0.310. The maximum Gasteiger partial charge on any atom is 0.119 e. The van der Waals surface area contributed by atoms with E-state index in [0.717, 1.165) is 51.1 Å². The minimum Gasteiger partial charge on any atom is -0.494 e. The molecule has 1 atom stereocenters. The van der Waals surface area contributed by atoms with Gasteiger partial charge in [-0.2, -0.15) is 0 Å². The lowest BCUT2D eigenvalue weighted by Gasteiger charge is -2.38. The van der Waals surface area contributed by atoms with Crippen molar-refractivity contribution in [2.75, 3.05) is 19.7 Å². The Labute approximate surface area is 130 Å². The van der Waals surface area contributed by atoms with Crippen molar-refractivity contribution in [2.45, 2.75) is 59.0 Å². The van der Waals surface area contributed by atoms with Gasteiger partial charge in [0.05, 0.1) is 12.3 Å². The summed E-state index contributed by atoms with van der Waals surface area (Å²) < 4.78 is 5.71. The molecule has 0 radical (unpaired) electrons. The summed E-state index contributed by atoms with van der Waals surface area (Å²) in [4.78, 5) is 2.40. The van der Waals surface area contributed by atoms with Crippen LogP contribution in [0.25, 0.3) is 0 Å². The van der Waals surface area contributed by atoms with E-state index in [9.17, 15) is 0 Å². The van der Waals surface area contributed by atoms with Gasteiger partial charge < -0.3 is 10.5 Å². The highest BCUT2D eigenvalue weighted by atomic mass is 16.5. The molecule has 0 aromatic heterocycles. The second-order valence-electron chi connectivity index (χ2n) is 6.02. The number of ether oxygens (including phenoxy) is 1. The summed E-state index contributed by atoms with van der Waals surface area (Å²) in [5.41, 5.74) is 7.53. The Balaban J connectivity index is 2.76. The third-order valence-corrected chi connectivity index (χ3v) is 3.64. The maximum atomic E-state index is 6.60. The van der Waals surface area contributed by atoms with Gasteiger partial charge in [-0.3, -0.25) is 4.90 Å². The normalized spacial score (nSPS) is 14.2. The van der Waals surface area contributed by atoms with Crippen LogP contribution in [-0.4, -0.2) is 30.3 Å². The molecule has 0 aliphatic rings. The molecular formula is C18H32N2O. The van der Waals surface area contributed by atoms with Crippen LogP contribution in [0.3, 0.4) is 0 Å². The number of benzene rings is 1. The first-order chi connectivity index (χ1) is 10.0. The van der Waals surface area contributed by atoms with Gasteiger partial charge in [-0.1, -0.05) is 32.9 Å². The lowest BCUT2D eigenvalue weighted by molar-refractivity contribution is 0.108. The number of nitrogens with two attached hydrogens (primary N) is 1. The molecule has 0 aliphatic carbocycles. The van der Waals surface area contributed by atoms with E-state index in [1.54, 1.807) is 0 Å². The largest absolute Gasteiger partial charge is 0.494 e. The number of nitrogens with zero attached hydrogens (tertiary/aromatic N) is 1. The van der Waals surface area contributed by atoms with E-state index < -0.39 is 0 Å². The summed E-state index contributed by atoms with van der Waals surface area (Å²) in [6.45, 7) is 11.5. The third kappa shape index (κ3) is 6.06. The Hall–Kier alpha value is -1.06. The van der Waals surface area contributed by atoms with Crippen LogP contribution in [0.15, 0.2) is 24.3 Å². The van der Waals surface area contributed by atoms with Gasteiger partial charge in [-0.05, 0) is 57.0 Å². The van der Waals surface area contributed by atoms with E-state index in [1.807, 2.05) is 6.07 Å². The average molecular weight is 292 g/mol. The molecule has 1 aromatic rings. The first kappa shape index (κ1) is 18.0. The molecular weight excluding hydrogens is 260 g/mol. The summed E-state index contributed by atoms with van der Waals surface area (Å²) in [7, 11) is 0. The van der Waals surface area contributed by atoms with Gasteiger partial charge in [-0.25, -0.2) is 0 Å². The van der Waals surface area contributed by atoms with E-state index in [2.05, 4.69) is 50.8 Å². The zero-order valence-electron chi connectivity index (χ0n) is 14.2. The standard InChI is InChI=1S/C18H32N2O/c1-5-11-20(12-6-2)18(4,19)15-16-9-8-10-17(14-16)21-13-7-3/h8-10,14H,5-7,11-13,15,19H2,1-4H3. The highest BCUT2D eigenvalue weighted by molar-refractivity contribution is 5.29. The first-order valence-electron chi connectivity index (χ1n) is 8.29. The monoisotopic (exact) mass is 292 g/mol. The summed E-state index contributed by atoms with van der Waals surface area (Å²) >= 11 is 0. The topological polar surface area (TPSA) is 38.5 Å². The van der Waals surface area contributed by atoms with Crippen molar-refractivity contribution in [3.8, 4) is 5.75 Å². The van der Waals surface area contributed by atoms with Crippen LogP contribution < -0.4 is 10.5 Å². The number of hydrogen-bond acceptors (Lipinski definition) is 3. The van der Waals surface area contributed by atoms with Crippen molar-refractivity contribution >= 4 is 0 Å². The molecule has 1 unspecified atom stereocenters. The third-order valence-electron chi connectivity index (χ3n) is 3.64. The molecule has 3 nitrogen and oxygen atoms in total. The predicted octanol–water partition coefficient (Wildman–Crippen LogP) is 3.81. The Kier molecular flexibility index (Phi) is 7.76. The molecule has 0 bridgehead atoms. The fourth-order valence-electron chi connectivity index (χ4n) is 2.65. The van der Waals surface area contributed by atoms with E-state index >= 15 is 0 Å². The molecule has 0 fully saturated rings. The Morgan fingerprint density at radius 3 is 2.33 bits per heavy atom. The molecule has 21 heavy (non-hydrogen) atoms. The fourth-order valence-corrected chi connectivity index (χ4v) is 2.65. The zero-order chi connectivity index (χ0) is 15.7. The Bertz CT molecular complexity index is 398. The van der Waals surface area contributed by atoms with Gasteiger partial charge in [0.25, 0.3) is 0 Å². The van der Waals surface area contributed by atoms with Crippen LogP contribution in [0.5, 0.6) is 5.75 Å². The smallest absolute Gasteiger partial charge is 0.119 e. The lowest BCUT2D eigenvalue weighted by atomic mass is 9.99. The average Bonchev–Trinajstić information content (AvgIpc) is 2.45. The van der Waals surface area contributed by atoms with Crippen LogP contribution >= 0.6 is 0 Å². The van der Waals surface area contributed by atoms with Gasteiger partial charge in [0, 0.05) is 6.42 Å².